The number of nitrogens with one attached hydrogen (secondary N) is 2. The van der Waals surface area contributed by atoms with Crippen LogP contribution in [0.2, 0.25) is 0 Å². The van der Waals surface area contributed by atoms with Crippen LogP contribution in [-0.2, 0) is 12.8 Å². The third kappa shape index (κ3) is 4.29. The lowest BCUT2D eigenvalue weighted by Gasteiger charge is -2.10. The van der Waals surface area contributed by atoms with Crippen molar-refractivity contribution < 1.29 is 9.53 Å². The number of imidazole rings is 1. The lowest BCUT2D eigenvalue weighted by atomic mass is 10.1. The second-order valence-corrected chi connectivity index (χ2v) is 5.66. The lowest BCUT2D eigenvalue weighted by Crippen LogP contribution is -2.37. The Balaban J connectivity index is 1.41. The predicted octanol–water partition coefficient (Wildman–Crippen LogP) is 2.43. The summed E-state index contributed by atoms with van der Waals surface area (Å²) in [5.74, 6) is 1.78. The van der Waals surface area contributed by atoms with E-state index in [-0.39, 0.29) is 6.03 Å². The van der Waals surface area contributed by atoms with E-state index in [1.807, 2.05) is 59.3 Å². The van der Waals surface area contributed by atoms with Crippen LogP contribution in [-0.4, -0.2) is 35.6 Å². The van der Waals surface area contributed by atoms with Gasteiger partial charge in [-0.3, -0.25) is 0 Å². The van der Waals surface area contributed by atoms with Crippen molar-refractivity contribution in [2.45, 2.75) is 12.8 Å². The summed E-state index contributed by atoms with van der Waals surface area (Å²) in [5, 5.41) is 5.73. The fraction of sp³-hybridized carbons (Fsp3) is 0.263. The molecule has 25 heavy (non-hydrogen) atoms. The van der Waals surface area contributed by atoms with Gasteiger partial charge in [0.1, 0.15) is 11.6 Å². The number of nitrogens with zero attached hydrogens (tertiary/aromatic N) is 2. The number of benzene rings is 1. The minimum Gasteiger partial charge on any atom is -0.496 e. The molecule has 0 aliphatic carbocycles. The first-order chi connectivity index (χ1) is 12.3. The molecule has 0 unspecified atom stereocenters. The molecule has 2 N–H and O–H groups in total. The monoisotopic (exact) mass is 338 g/mol. The highest BCUT2D eigenvalue weighted by molar-refractivity contribution is 5.73. The Morgan fingerprint density at radius 2 is 1.84 bits per heavy atom. The SMILES string of the molecule is COc1ccccc1CCNC(=O)NCCc1ncc2ccccn12. The number of amides is 2. The van der Waals surface area contributed by atoms with Crippen molar-refractivity contribution in [1.29, 1.82) is 0 Å². The van der Waals surface area contributed by atoms with Gasteiger partial charge in [0.2, 0.25) is 0 Å². The number of ether oxygens (including phenoxy) is 1. The van der Waals surface area contributed by atoms with E-state index in [9.17, 15) is 4.79 Å². The summed E-state index contributed by atoms with van der Waals surface area (Å²) in [6.45, 7) is 1.09. The van der Waals surface area contributed by atoms with Crippen LogP contribution in [0.5, 0.6) is 5.75 Å². The first kappa shape index (κ1) is 16.8. The van der Waals surface area contributed by atoms with Gasteiger partial charge in [0.25, 0.3) is 0 Å². The highest BCUT2D eigenvalue weighted by Gasteiger charge is 2.05. The van der Waals surface area contributed by atoms with Crippen LogP contribution in [0.15, 0.2) is 54.9 Å². The number of urea groups is 1. The van der Waals surface area contributed by atoms with Gasteiger partial charge in [0.05, 0.1) is 18.8 Å². The van der Waals surface area contributed by atoms with E-state index in [2.05, 4.69) is 15.6 Å². The van der Waals surface area contributed by atoms with E-state index < -0.39 is 0 Å². The normalized spacial score (nSPS) is 10.6. The molecule has 0 saturated heterocycles. The molecular formula is C19H22N4O2. The number of carbonyl (C=O) groups excluding carboxylic acids is 1. The number of carbonyl (C=O) groups is 1. The van der Waals surface area contributed by atoms with E-state index in [4.69, 9.17) is 4.74 Å². The van der Waals surface area contributed by atoms with Crippen molar-refractivity contribution in [3.05, 3.63) is 66.2 Å². The zero-order valence-corrected chi connectivity index (χ0v) is 14.2. The Bertz CT molecular complexity index is 844. The van der Waals surface area contributed by atoms with E-state index in [0.717, 1.165) is 29.1 Å². The summed E-state index contributed by atoms with van der Waals surface area (Å²) in [7, 11) is 1.65. The molecule has 6 nitrogen and oxygen atoms in total. The molecule has 2 heterocycles. The van der Waals surface area contributed by atoms with Crippen LogP contribution >= 0.6 is 0 Å². The maximum atomic E-state index is 11.9. The number of aromatic nitrogens is 2. The molecule has 0 spiro atoms. The number of rotatable bonds is 7. The first-order valence-corrected chi connectivity index (χ1v) is 8.32. The molecular weight excluding hydrogens is 316 g/mol. The number of hydrogen-bond acceptors (Lipinski definition) is 3. The van der Waals surface area contributed by atoms with Gasteiger partial charge in [0.15, 0.2) is 0 Å². The number of fused-ring (bicyclic) bond motifs is 1. The highest BCUT2D eigenvalue weighted by atomic mass is 16.5. The maximum Gasteiger partial charge on any atom is 0.314 e. The Morgan fingerprint density at radius 1 is 1.08 bits per heavy atom. The molecule has 0 aliphatic heterocycles. The molecule has 0 atom stereocenters. The summed E-state index contributed by atoms with van der Waals surface area (Å²) < 4.78 is 7.34. The van der Waals surface area contributed by atoms with Crippen LogP contribution in [0.4, 0.5) is 4.79 Å². The minimum atomic E-state index is -0.171. The van der Waals surface area contributed by atoms with Gasteiger partial charge in [0, 0.05) is 25.7 Å². The fourth-order valence-corrected chi connectivity index (χ4v) is 2.75. The largest absolute Gasteiger partial charge is 0.496 e. The zero-order valence-electron chi connectivity index (χ0n) is 14.2. The van der Waals surface area contributed by atoms with Crippen molar-refractivity contribution in [2.24, 2.45) is 0 Å². The summed E-state index contributed by atoms with van der Waals surface area (Å²) in [6.07, 6.45) is 5.22. The maximum absolute atomic E-state index is 11.9. The molecule has 0 saturated carbocycles. The fourth-order valence-electron chi connectivity index (χ4n) is 2.75. The van der Waals surface area contributed by atoms with Crippen molar-refractivity contribution >= 4 is 11.5 Å². The van der Waals surface area contributed by atoms with Crippen molar-refractivity contribution in [3.8, 4) is 5.75 Å². The minimum absolute atomic E-state index is 0.171. The number of para-hydroxylation sites is 1. The first-order valence-electron chi connectivity index (χ1n) is 8.32. The second kappa shape index (κ2) is 8.19. The Hall–Kier alpha value is -3.02. The third-order valence-electron chi connectivity index (χ3n) is 4.02. The molecule has 0 aliphatic rings. The lowest BCUT2D eigenvalue weighted by molar-refractivity contribution is 0.241. The Labute approximate surface area is 146 Å². The van der Waals surface area contributed by atoms with Gasteiger partial charge >= 0.3 is 6.03 Å². The predicted molar refractivity (Wildman–Crippen MR) is 97.0 cm³/mol. The second-order valence-electron chi connectivity index (χ2n) is 5.66. The molecule has 2 amide bonds. The molecule has 0 fully saturated rings. The molecule has 6 heteroatoms. The van der Waals surface area contributed by atoms with Gasteiger partial charge in [-0.1, -0.05) is 24.3 Å². The van der Waals surface area contributed by atoms with Gasteiger partial charge in [-0.05, 0) is 30.2 Å². The van der Waals surface area contributed by atoms with Crippen molar-refractivity contribution in [3.63, 3.8) is 0 Å². The molecule has 0 bridgehead atoms. The van der Waals surface area contributed by atoms with Crippen LogP contribution < -0.4 is 15.4 Å². The van der Waals surface area contributed by atoms with Gasteiger partial charge in [-0.15, -0.1) is 0 Å². The summed E-state index contributed by atoms with van der Waals surface area (Å²) in [5.41, 5.74) is 2.13. The van der Waals surface area contributed by atoms with Crippen LogP contribution in [0.25, 0.3) is 5.52 Å². The van der Waals surface area contributed by atoms with Gasteiger partial charge in [-0.2, -0.15) is 0 Å². The Morgan fingerprint density at radius 3 is 2.68 bits per heavy atom. The Kier molecular flexibility index (Phi) is 5.51. The average molecular weight is 338 g/mol. The summed E-state index contributed by atoms with van der Waals surface area (Å²) >= 11 is 0. The van der Waals surface area contributed by atoms with Crippen molar-refractivity contribution in [2.75, 3.05) is 20.2 Å². The molecule has 3 aromatic rings. The van der Waals surface area contributed by atoms with E-state index >= 15 is 0 Å². The van der Waals surface area contributed by atoms with Crippen LogP contribution in [0, 0.1) is 0 Å². The van der Waals surface area contributed by atoms with E-state index in [1.165, 1.54) is 0 Å². The smallest absolute Gasteiger partial charge is 0.314 e. The average Bonchev–Trinajstić information content (AvgIpc) is 3.05. The van der Waals surface area contributed by atoms with Crippen LogP contribution in [0.3, 0.4) is 0 Å². The summed E-state index contributed by atoms with van der Waals surface area (Å²) in [6, 6.07) is 13.6. The quantitative estimate of drug-likeness (QED) is 0.695. The molecule has 1 aromatic carbocycles. The van der Waals surface area contributed by atoms with E-state index in [1.54, 1.807) is 7.11 Å². The molecule has 130 valence electrons. The van der Waals surface area contributed by atoms with Crippen molar-refractivity contribution in [1.82, 2.24) is 20.0 Å². The zero-order chi connectivity index (χ0) is 17.5. The highest BCUT2D eigenvalue weighted by Crippen LogP contribution is 2.17. The number of hydrogen-bond donors (Lipinski definition) is 2. The standard InChI is InChI=1S/C19H22N4O2/c1-25-17-8-3-2-6-15(17)9-11-20-19(24)21-12-10-18-22-14-16-7-4-5-13-23(16)18/h2-8,13-14H,9-12H2,1H3,(H2,20,21,24). The number of methoxy groups -OCH3 is 1. The van der Waals surface area contributed by atoms with E-state index in [0.29, 0.717) is 19.5 Å². The molecule has 3 rings (SSSR count). The summed E-state index contributed by atoms with van der Waals surface area (Å²) in [4.78, 5) is 16.3. The molecule has 0 radical (unpaired) electrons. The third-order valence-corrected chi connectivity index (χ3v) is 4.02. The van der Waals surface area contributed by atoms with Crippen LogP contribution in [0.1, 0.15) is 11.4 Å². The molecule has 2 aromatic heterocycles. The van der Waals surface area contributed by atoms with Gasteiger partial charge in [-0.25, -0.2) is 9.78 Å². The topological polar surface area (TPSA) is 67.7 Å². The number of pyridine rings is 1. The van der Waals surface area contributed by atoms with Gasteiger partial charge < -0.3 is 19.8 Å².